The third kappa shape index (κ3) is 3.91. The van der Waals surface area contributed by atoms with Crippen molar-refractivity contribution in [1.29, 1.82) is 0 Å². The Kier molecular flexibility index (Phi) is 5.03. The minimum atomic E-state index is -4.61. The normalized spacial score (nSPS) is 14.2. The highest BCUT2D eigenvalue weighted by atomic mass is 19.4. The van der Waals surface area contributed by atoms with Crippen LogP contribution in [-0.2, 0) is 6.18 Å². The van der Waals surface area contributed by atoms with Crippen LogP contribution in [0.5, 0.6) is 11.5 Å². The Hall–Kier alpha value is -2.74. The summed E-state index contributed by atoms with van der Waals surface area (Å²) in [4.78, 5) is 12.1. The van der Waals surface area contributed by atoms with Crippen molar-refractivity contribution in [3.63, 3.8) is 0 Å². The Morgan fingerprint density at radius 1 is 1.15 bits per heavy atom. The van der Waals surface area contributed by atoms with E-state index in [-0.39, 0.29) is 19.8 Å². The maximum Gasteiger partial charge on any atom is 0.417 e. The van der Waals surface area contributed by atoms with Gasteiger partial charge in [0.1, 0.15) is 0 Å². The number of rotatable bonds is 5. The van der Waals surface area contributed by atoms with E-state index in [1.54, 1.807) is 18.2 Å². The smallest absolute Gasteiger partial charge is 0.417 e. The second-order valence-electron chi connectivity index (χ2n) is 5.72. The van der Waals surface area contributed by atoms with E-state index in [0.717, 1.165) is 12.1 Å². The summed E-state index contributed by atoms with van der Waals surface area (Å²) in [7, 11) is 0. The Bertz CT molecular complexity index is 807. The van der Waals surface area contributed by atoms with E-state index < -0.39 is 29.3 Å². The fourth-order valence-electron chi connectivity index (χ4n) is 2.63. The first-order valence-corrected chi connectivity index (χ1v) is 7.88. The minimum absolute atomic E-state index is 0.0145. The van der Waals surface area contributed by atoms with Crippen LogP contribution in [0.4, 0.5) is 13.2 Å². The molecular formula is C18H16F3NO4. The zero-order chi connectivity index (χ0) is 18.7. The van der Waals surface area contributed by atoms with E-state index in [0.29, 0.717) is 17.1 Å². The average molecular weight is 367 g/mol. The number of ether oxygens (including phenoxy) is 2. The molecule has 2 aromatic rings. The van der Waals surface area contributed by atoms with Gasteiger partial charge in [-0.25, -0.2) is 0 Å². The first-order chi connectivity index (χ1) is 12.4. The van der Waals surface area contributed by atoms with Crippen LogP contribution in [0.25, 0.3) is 0 Å². The van der Waals surface area contributed by atoms with Gasteiger partial charge in [0.05, 0.1) is 17.2 Å². The molecule has 0 aromatic heterocycles. The van der Waals surface area contributed by atoms with Crippen LogP contribution in [0, 0.1) is 0 Å². The van der Waals surface area contributed by atoms with Gasteiger partial charge in [-0.3, -0.25) is 4.79 Å². The second-order valence-corrected chi connectivity index (χ2v) is 5.72. The predicted octanol–water partition coefficient (Wildman–Crippen LogP) is 3.29. The van der Waals surface area contributed by atoms with Gasteiger partial charge in [0.2, 0.25) is 6.79 Å². The molecule has 0 spiro atoms. The summed E-state index contributed by atoms with van der Waals surface area (Å²) in [5, 5.41) is 12.6. The van der Waals surface area contributed by atoms with Gasteiger partial charge in [0, 0.05) is 6.54 Å². The highest BCUT2D eigenvalue weighted by Crippen LogP contribution is 2.35. The molecule has 0 unspecified atom stereocenters. The fraction of sp³-hybridized carbons (Fsp3) is 0.278. The van der Waals surface area contributed by atoms with Crippen molar-refractivity contribution in [1.82, 2.24) is 5.32 Å². The molecule has 138 valence electrons. The third-order valence-electron chi connectivity index (χ3n) is 3.96. The Labute approximate surface area is 147 Å². The lowest BCUT2D eigenvalue weighted by Gasteiger charge is -2.14. The van der Waals surface area contributed by atoms with Crippen LogP contribution < -0.4 is 14.8 Å². The lowest BCUT2D eigenvalue weighted by atomic mass is 10.0. The molecule has 0 fully saturated rings. The van der Waals surface area contributed by atoms with Crippen molar-refractivity contribution < 1.29 is 32.5 Å². The molecule has 1 atom stereocenters. The van der Waals surface area contributed by atoms with Gasteiger partial charge >= 0.3 is 6.18 Å². The van der Waals surface area contributed by atoms with Crippen LogP contribution in [0.1, 0.15) is 34.0 Å². The number of alkyl halides is 3. The Balaban J connectivity index is 1.59. The maximum absolute atomic E-state index is 12.9. The van der Waals surface area contributed by atoms with E-state index in [1.807, 2.05) is 0 Å². The summed E-state index contributed by atoms with van der Waals surface area (Å²) >= 11 is 0. The molecule has 1 heterocycles. The molecule has 2 N–H and O–H groups in total. The van der Waals surface area contributed by atoms with Crippen LogP contribution in [0.2, 0.25) is 0 Å². The number of aliphatic hydroxyl groups excluding tert-OH is 1. The molecule has 1 aliphatic rings. The summed E-state index contributed by atoms with van der Waals surface area (Å²) in [5.74, 6) is 0.263. The molecule has 0 saturated heterocycles. The Morgan fingerprint density at radius 2 is 1.88 bits per heavy atom. The van der Waals surface area contributed by atoms with Gasteiger partial charge in [-0.2, -0.15) is 13.2 Å². The number of aliphatic hydroxyl groups is 1. The number of halogens is 3. The molecule has 0 saturated carbocycles. The van der Waals surface area contributed by atoms with Gasteiger partial charge in [-0.05, 0) is 36.2 Å². The number of amides is 1. The van der Waals surface area contributed by atoms with E-state index >= 15 is 0 Å². The largest absolute Gasteiger partial charge is 0.454 e. The van der Waals surface area contributed by atoms with Crippen molar-refractivity contribution in [2.75, 3.05) is 13.3 Å². The summed E-state index contributed by atoms with van der Waals surface area (Å²) in [6.45, 7) is 0.129. The maximum atomic E-state index is 12.9. The highest BCUT2D eigenvalue weighted by molar-refractivity contribution is 5.95. The van der Waals surface area contributed by atoms with E-state index in [2.05, 4.69) is 5.32 Å². The van der Waals surface area contributed by atoms with Crippen molar-refractivity contribution in [2.24, 2.45) is 0 Å². The zero-order valence-electron chi connectivity index (χ0n) is 13.5. The third-order valence-corrected chi connectivity index (χ3v) is 3.96. The van der Waals surface area contributed by atoms with Crippen molar-refractivity contribution in [3.8, 4) is 11.5 Å². The molecule has 5 nitrogen and oxygen atoms in total. The van der Waals surface area contributed by atoms with Crippen molar-refractivity contribution in [2.45, 2.75) is 18.7 Å². The van der Waals surface area contributed by atoms with Crippen LogP contribution in [-0.4, -0.2) is 24.4 Å². The first kappa shape index (κ1) is 18.1. The molecule has 1 aliphatic heterocycles. The highest BCUT2D eigenvalue weighted by Gasteiger charge is 2.34. The van der Waals surface area contributed by atoms with Crippen molar-refractivity contribution in [3.05, 3.63) is 59.2 Å². The van der Waals surface area contributed by atoms with Crippen LogP contribution in [0.15, 0.2) is 42.5 Å². The monoisotopic (exact) mass is 367 g/mol. The minimum Gasteiger partial charge on any atom is -0.454 e. The van der Waals surface area contributed by atoms with E-state index in [9.17, 15) is 23.1 Å². The van der Waals surface area contributed by atoms with Gasteiger partial charge in [0.25, 0.3) is 5.91 Å². The zero-order valence-corrected chi connectivity index (χ0v) is 13.5. The molecule has 3 rings (SSSR count). The molecule has 0 aliphatic carbocycles. The summed E-state index contributed by atoms with van der Waals surface area (Å²) in [5.41, 5.74) is -0.870. The lowest BCUT2D eigenvalue weighted by Crippen LogP contribution is -2.28. The molecule has 0 bridgehead atoms. The van der Waals surface area contributed by atoms with Gasteiger partial charge in [-0.15, -0.1) is 0 Å². The lowest BCUT2D eigenvalue weighted by molar-refractivity contribution is -0.137. The number of hydrogen-bond donors (Lipinski definition) is 2. The van der Waals surface area contributed by atoms with Crippen LogP contribution >= 0.6 is 0 Å². The fourth-order valence-corrected chi connectivity index (χ4v) is 2.63. The predicted molar refractivity (Wildman–Crippen MR) is 85.9 cm³/mol. The number of carbonyl (C=O) groups excluding carboxylic acids is 1. The first-order valence-electron chi connectivity index (χ1n) is 7.88. The summed E-state index contributed by atoms with van der Waals surface area (Å²) in [6.07, 6.45) is -5.37. The quantitative estimate of drug-likeness (QED) is 0.851. The van der Waals surface area contributed by atoms with Crippen LogP contribution in [0.3, 0.4) is 0 Å². The van der Waals surface area contributed by atoms with E-state index in [4.69, 9.17) is 9.47 Å². The average Bonchev–Trinajstić information content (AvgIpc) is 3.08. The number of fused-ring (bicyclic) bond motifs is 1. The van der Waals surface area contributed by atoms with Gasteiger partial charge in [-0.1, -0.05) is 18.2 Å². The standard InChI is InChI=1S/C18H16F3NO4/c19-18(20,21)13-4-2-1-3-12(13)17(24)22-8-7-14(23)11-5-6-15-16(9-11)26-10-25-15/h1-6,9,14,23H,7-8,10H2,(H,22,24)/t14-/m1/s1. The molecule has 8 heteroatoms. The molecular weight excluding hydrogens is 351 g/mol. The number of carbonyl (C=O) groups is 1. The number of hydrogen-bond acceptors (Lipinski definition) is 4. The molecule has 0 radical (unpaired) electrons. The SMILES string of the molecule is O=C(NCC[C@@H](O)c1ccc2c(c1)OCO2)c1ccccc1C(F)(F)F. The molecule has 2 aromatic carbocycles. The van der Waals surface area contributed by atoms with Crippen molar-refractivity contribution >= 4 is 5.91 Å². The summed E-state index contributed by atoms with van der Waals surface area (Å²) < 4.78 is 49.2. The topological polar surface area (TPSA) is 67.8 Å². The number of benzene rings is 2. The molecule has 1 amide bonds. The Morgan fingerprint density at radius 3 is 2.65 bits per heavy atom. The van der Waals surface area contributed by atoms with E-state index in [1.165, 1.54) is 12.1 Å². The van der Waals surface area contributed by atoms with Gasteiger partial charge in [0.15, 0.2) is 11.5 Å². The van der Waals surface area contributed by atoms with Gasteiger partial charge < -0.3 is 19.9 Å². The second kappa shape index (κ2) is 7.25. The number of nitrogens with one attached hydrogen (secondary N) is 1. The molecule has 26 heavy (non-hydrogen) atoms. The summed E-state index contributed by atoms with van der Waals surface area (Å²) in [6, 6.07) is 9.53.